The first-order valence-corrected chi connectivity index (χ1v) is 19.6. The van der Waals surface area contributed by atoms with Crippen molar-refractivity contribution in [3.8, 4) is 17.6 Å². The Morgan fingerprint density at radius 1 is 0.909 bits per heavy atom. The lowest BCUT2D eigenvalue weighted by Gasteiger charge is -2.39. The summed E-state index contributed by atoms with van der Waals surface area (Å²) < 4.78 is 42.9. The van der Waals surface area contributed by atoms with Gasteiger partial charge in [0.1, 0.15) is 41.3 Å². The number of hydrogen-bond donors (Lipinski definition) is 1. The van der Waals surface area contributed by atoms with E-state index in [1.54, 1.807) is 27.6 Å². The molecule has 0 radical (unpaired) electrons. The van der Waals surface area contributed by atoms with Crippen LogP contribution in [0.4, 0.5) is 5.82 Å². The first-order valence-electron chi connectivity index (χ1n) is 18.5. The minimum absolute atomic E-state index is 0.117. The summed E-state index contributed by atoms with van der Waals surface area (Å²) in [5, 5.41) is 12.5. The molecule has 55 heavy (non-hydrogen) atoms. The van der Waals surface area contributed by atoms with Crippen molar-refractivity contribution in [3.05, 3.63) is 108 Å². The van der Waals surface area contributed by atoms with E-state index in [0.717, 1.165) is 28.2 Å². The monoisotopic (exact) mass is 767 g/mol. The fraction of sp³-hybridized carbons (Fsp3) is 0.415. The minimum Gasteiger partial charge on any atom is -0.497 e. The van der Waals surface area contributed by atoms with E-state index in [-0.39, 0.29) is 31.7 Å². The number of rotatable bonds is 18. The summed E-state index contributed by atoms with van der Waals surface area (Å²) in [6.45, 7) is 8.87. The van der Waals surface area contributed by atoms with Gasteiger partial charge in [-0.05, 0) is 68.7 Å². The van der Waals surface area contributed by atoms with Crippen molar-refractivity contribution in [2.24, 2.45) is 0 Å². The van der Waals surface area contributed by atoms with Crippen LogP contribution in [-0.2, 0) is 24.1 Å². The predicted octanol–water partition coefficient (Wildman–Crippen LogP) is 7.84. The second-order valence-corrected chi connectivity index (χ2v) is 15.1. The molecule has 0 bridgehead atoms. The maximum atomic E-state index is 9.36. The maximum Gasteiger partial charge on any atom is 0.259 e. The highest BCUT2D eigenvalue weighted by molar-refractivity contribution is 7.44. The molecule has 3 unspecified atom stereocenters. The third-order valence-electron chi connectivity index (χ3n) is 9.61. The van der Waals surface area contributed by atoms with Crippen LogP contribution in [0.15, 0.2) is 91.5 Å². The molecule has 0 spiro atoms. The summed E-state index contributed by atoms with van der Waals surface area (Å²) in [7, 11) is 3.52. The molecule has 6 rings (SSSR count). The lowest BCUT2D eigenvalue weighted by molar-refractivity contribution is -0.0912. The molecule has 290 valence electrons. The fourth-order valence-electron chi connectivity index (χ4n) is 7.07. The van der Waals surface area contributed by atoms with Crippen LogP contribution in [0, 0.1) is 11.3 Å². The second-order valence-electron chi connectivity index (χ2n) is 13.7. The summed E-state index contributed by atoms with van der Waals surface area (Å²) in [5.41, 5.74) is 2.95. The number of nitriles is 1. The number of ether oxygens (including phenoxy) is 4. The zero-order valence-corrected chi connectivity index (χ0v) is 33.3. The number of aromatic nitrogens is 4. The molecular weight excluding hydrogens is 717 g/mol. The van der Waals surface area contributed by atoms with Crippen LogP contribution in [0.25, 0.3) is 11.2 Å². The molecular formula is C41H50N7O6P. The minimum atomic E-state index is -1.59. The van der Waals surface area contributed by atoms with Gasteiger partial charge < -0.3 is 33.3 Å². The number of nitrogens with zero attached hydrogens (tertiary/aromatic N) is 6. The quantitative estimate of drug-likeness (QED) is 0.0528. The van der Waals surface area contributed by atoms with Gasteiger partial charge in [0.05, 0.1) is 52.4 Å². The van der Waals surface area contributed by atoms with Crippen molar-refractivity contribution in [1.82, 2.24) is 24.2 Å². The summed E-state index contributed by atoms with van der Waals surface area (Å²) in [6.07, 6.45) is 2.44. The molecule has 1 fully saturated rings. The highest BCUT2D eigenvalue weighted by Crippen LogP contribution is 2.51. The number of anilines is 1. The number of fused-ring (bicyclic) bond motifs is 1. The fourth-order valence-corrected chi connectivity index (χ4v) is 8.83. The zero-order chi connectivity index (χ0) is 39.0. The highest BCUT2D eigenvalue weighted by Gasteiger charge is 2.45. The van der Waals surface area contributed by atoms with Gasteiger partial charge in [-0.1, -0.05) is 54.6 Å². The van der Waals surface area contributed by atoms with E-state index in [0.29, 0.717) is 23.4 Å². The maximum absolute atomic E-state index is 9.36. The molecule has 1 N–H and O–H groups in total. The lowest BCUT2D eigenvalue weighted by Crippen LogP contribution is -2.39. The molecule has 3 aromatic carbocycles. The van der Waals surface area contributed by atoms with Crippen molar-refractivity contribution in [1.29, 1.82) is 5.26 Å². The van der Waals surface area contributed by atoms with Gasteiger partial charge in [-0.3, -0.25) is 4.57 Å². The number of imidazole rings is 1. The number of hydrogen-bond acceptors (Lipinski definition) is 12. The molecule has 4 atom stereocenters. The van der Waals surface area contributed by atoms with E-state index < -0.39 is 32.6 Å². The average molecular weight is 768 g/mol. The van der Waals surface area contributed by atoms with Crippen LogP contribution in [0.2, 0.25) is 0 Å². The smallest absolute Gasteiger partial charge is 0.259 e. The lowest BCUT2D eigenvalue weighted by atomic mass is 9.80. The molecule has 2 aromatic heterocycles. The van der Waals surface area contributed by atoms with Gasteiger partial charge in [0, 0.05) is 25.6 Å². The van der Waals surface area contributed by atoms with Crippen LogP contribution in [0.1, 0.15) is 63.5 Å². The highest BCUT2D eigenvalue weighted by atomic mass is 31.2. The normalized spacial score (nSPS) is 17.9. The van der Waals surface area contributed by atoms with Crippen molar-refractivity contribution in [3.63, 3.8) is 0 Å². The number of methoxy groups -OCH3 is 2. The Morgan fingerprint density at radius 2 is 1.53 bits per heavy atom. The Bertz CT molecular complexity index is 1950. The van der Waals surface area contributed by atoms with Gasteiger partial charge in [0.2, 0.25) is 0 Å². The van der Waals surface area contributed by atoms with Crippen LogP contribution in [0.5, 0.6) is 11.5 Å². The van der Waals surface area contributed by atoms with Gasteiger partial charge in [-0.2, -0.15) is 5.26 Å². The average Bonchev–Trinajstić information content (AvgIpc) is 3.82. The molecule has 0 saturated carbocycles. The molecule has 0 amide bonds. The van der Waals surface area contributed by atoms with Gasteiger partial charge in [0.25, 0.3) is 8.53 Å². The van der Waals surface area contributed by atoms with E-state index in [1.165, 1.54) is 6.33 Å². The van der Waals surface area contributed by atoms with Crippen molar-refractivity contribution in [2.75, 3.05) is 39.8 Å². The third kappa shape index (κ3) is 8.60. The topological polar surface area (TPSA) is 138 Å². The molecule has 1 saturated heterocycles. The first-order chi connectivity index (χ1) is 26.7. The van der Waals surface area contributed by atoms with Crippen LogP contribution < -0.4 is 14.8 Å². The summed E-state index contributed by atoms with van der Waals surface area (Å²) in [5.74, 6) is 2.09. The van der Waals surface area contributed by atoms with Gasteiger partial charge in [0.15, 0.2) is 11.5 Å². The largest absolute Gasteiger partial charge is 0.497 e. The van der Waals surface area contributed by atoms with E-state index in [1.807, 2.05) is 71.3 Å². The van der Waals surface area contributed by atoms with Crippen molar-refractivity contribution in [2.45, 2.75) is 76.7 Å². The standard InChI is InChI=1S/C41H50N7O6P/c1-28(2)48(29(3)4)55(52-23-11-22-42)54-35-24-37(47-27-46-38-39(43-5)44-26-45-40(38)47)53-36(35)25-51-41(30-12-9-8-10-13-30,31-14-18-33(49-6)19-15-31)32-16-20-34(50-7)21-17-32/h8-10,12-21,26-29,35-37H,11,23-25H2,1-7H3,(H,43,44,45)/t35-,36?,37?,55?/m1/s1. The Balaban J connectivity index is 1.43. The molecule has 3 heterocycles. The summed E-state index contributed by atoms with van der Waals surface area (Å²) >= 11 is 0. The van der Waals surface area contributed by atoms with E-state index >= 15 is 0 Å². The van der Waals surface area contributed by atoms with Gasteiger partial charge in [-0.25, -0.2) is 19.6 Å². The molecule has 5 aromatic rings. The number of benzene rings is 3. The Hall–Kier alpha value is -4.67. The molecule has 1 aliphatic rings. The van der Waals surface area contributed by atoms with Crippen molar-refractivity contribution < 1.29 is 28.0 Å². The molecule has 0 aliphatic carbocycles. The van der Waals surface area contributed by atoms with Crippen LogP contribution in [0.3, 0.4) is 0 Å². The van der Waals surface area contributed by atoms with E-state index in [2.05, 4.69) is 70.8 Å². The third-order valence-corrected chi connectivity index (χ3v) is 11.8. The first kappa shape index (κ1) is 40.0. The van der Waals surface area contributed by atoms with Gasteiger partial charge in [-0.15, -0.1) is 0 Å². The van der Waals surface area contributed by atoms with E-state index in [9.17, 15) is 5.26 Å². The molecule has 13 nitrogen and oxygen atoms in total. The Morgan fingerprint density at radius 3 is 2.09 bits per heavy atom. The summed E-state index contributed by atoms with van der Waals surface area (Å²) in [6, 6.07) is 28.5. The molecule has 1 aliphatic heterocycles. The van der Waals surface area contributed by atoms with E-state index in [4.69, 9.17) is 28.0 Å². The van der Waals surface area contributed by atoms with Crippen LogP contribution in [-0.4, -0.2) is 83.0 Å². The van der Waals surface area contributed by atoms with Crippen molar-refractivity contribution >= 4 is 25.5 Å². The number of nitrogens with one attached hydrogen (secondary N) is 1. The second kappa shape index (κ2) is 18.3. The van der Waals surface area contributed by atoms with Crippen LogP contribution >= 0.6 is 8.53 Å². The zero-order valence-electron chi connectivity index (χ0n) is 32.5. The summed E-state index contributed by atoms with van der Waals surface area (Å²) in [4.78, 5) is 13.6. The molecule has 14 heteroatoms. The Labute approximate surface area is 324 Å². The predicted molar refractivity (Wildman–Crippen MR) is 212 cm³/mol. The van der Waals surface area contributed by atoms with Gasteiger partial charge >= 0.3 is 0 Å². The SMILES string of the molecule is CNc1ncnc2c1ncn2C1C[C@@H](OP(OCCC#N)N(C(C)C)C(C)C)C(COC(c2ccccc2)(c2ccc(OC)cc2)c2ccc(OC)cc2)O1. The Kier molecular flexibility index (Phi) is 13.3.